The summed E-state index contributed by atoms with van der Waals surface area (Å²) in [6.07, 6.45) is -0.356. The van der Waals surface area contributed by atoms with Gasteiger partial charge in [0, 0.05) is 19.4 Å². The third-order valence-electron chi connectivity index (χ3n) is 6.12. The van der Waals surface area contributed by atoms with Gasteiger partial charge in [-0.1, -0.05) is 60.7 Å². The van der Waals surface area contributed by atoms with Gasteiger partial charge in [0.25, 0.3) is 0 Å². The molecule has 4 unspecified atom stereocenters. The predicted octanol–water partition coefficient (Wildman–Crippen LogP) is -1.13. The number of nitrogens with two attached hydrogens (primary N) is 3. The molecule has 0 aromatic heterocycles. The number of aliphatic imine (C=N–C) groups is 1. The summed E-state index contributed by atoms with van der Waals surface area (Å²) in [5, 5.41) is 26.3. The minimum atomic E-state index is -1.42. The molecule has 14 heteroatoms. The van der Waals surface area contributed by atoms with Crippen molar-refractivity contribution in [1.29, 1.82) is 0 Å². The van der Waals surface area contributed by atoms with E-state index in [1.165, 1.54) is 0 Å². The first-order chi connectivity index (χ1) is 20.0. The van der Waals surface area contributed by atoms with Crippen molar-refractivity contribution in [3.05, 3.63) is 71.8 Å². The zero-order valence-electron chi connectivity index (χ0n) is 22.9. The normalized spacial score (nSPS) is 13.5. The number of nitrogens with one attached hydrogen (secondary N) is 3. The van der Waals surface area contributed by atoms with Gasteiger partial charge < -0.3 is 43.4 Å². The maximum absolute atomic E-state index is 13.4. The summed E-state index contributed by atoms with van der Waals surface area (Å²) in [5.74, 6) is -5.10. The van der Waals surface area contributed by atoms with Gasteiger partial charge in [0.05, 0.1) is 12.5 Å². The van der Waals surface area contributed by atoms with Gasteiger partial charge >= 0.3 is 11.9 Å². The zero-order valence-corrected chi connectivity index (χ0v) is 22.9. The van der Waals surface area contributed by atoms with Crippen LogP contribution < -0.4 is 33.2 Å². The quantitative estimate of drug-likeness (QED) is 0.0631. The van der Waals surface area contributed by atoms with Crippen LogP contribution in [-0.2, 0) is 36.8 Å². The molecule has 14 nitrogen and oxygen atoms in total. The lowest BCUT2D eigenvalue weighted by atomic mass is 10.0. The number of guanidine groups is 1. The fraction of sp³-hybridized carbons (Fsp3) is 0.357. The number of aliphatic carboxylic acids is 2. The molecule has 0 saturated carbocycles. The first-order valence-corrected chi connectivity index (χ1v) is 13.2. The lowest BCUT2D eigenvalue weighted by Gasteiger charge is -2.25. The average Bonchev–Trinajstić information content (AvgIpc) is 2.94. The van der Waals surface area contributed by atoms with Crippen molar-refractivity contribution in [1.82, 2.24) is 16.0 Å². The van der Waals surface area contributed by atoms with Crippen molar-refractivity contribution in [2.45, 2.75) is 56.3 Å². The molecule has 0 aliphatic rings. The van der Waals surface area contributed by atoms with Crippen LogP contribution in [0.15, 0.2) is 65.7 Å². The molecule has 2 rings (SSSR count). The Bertz CT molecular complexity index is 1240. The molecule has 0 spiro atoms. The standard InChI is InChI=1S/C28H37N7O7/c29-19(16-23(36)37)24(38)33-20(12-7-13-32-28(30)31)25(39)34-21(14-17-8-3-1-4-9-17)26(40)35-22(27(41)42)15-18-10-5-2-6-11-18/h1-6,8-11,19-22H,7,12-16,29H2,(H,33,38)(H,34,39)(H,35,40)(H,36,37)(H,41,42)(H4,30,31,32). The van der Waals surface area contributed by atoms with Gasteiger partial charge in [-0.15, -0.1) is 0 Å². The lowest BCUT2D eigenvalue weighted by Crippen LogP contribution is -2.58. The van der Waals surface area contributed by atoms with Gasteiger partial charge in [0.1, 0.15) is 18.1 Å². The lowest BCUT2D eigenvalue weighted by molar-refractivity contribution is -0.142. The minimum absolute atomic E-state index is 0.0128. The Hall–Kier alpha value is -4.98. The smallest absolute Gasteiger partial charge is 0.326 e. The van der Waals surface area contributed by atoms with Gasteiger partial charge in [0.2, 0.25) is 17.7 Å². The Morgan fingerprint density at radius 2 is 1.19 bits per heavy atom. The summed E-state index contributed by atoms with van der Waals surface area (Å²) in [4.78, 5) is 66.1. The Kier molecular flexibility index (Phi) is 13.4. The highest BCUT2D eigenvalue weighted by molar-refractivity contribution is 5.95. The van der Waals surface area contributed by atoms with Gasteiger partial charge in [0.15, 0.2) is 5.96 Å². The van der Waals surface area contributed by atoms with Crippen LogP contribution in [0.5, 0.6) is 0 Å². The summed E-state index contributed by atoms with van der Waals surface area (Å²) >= 11 is 0. The summed E-state index contributed by atoms with van der Waals surface area (Å²) in [7, 11) is 0. The molecule has 0 aliphatic carbocycles. The number of carbonyl (C=O) groups is 5. The molecule has 42 heavy (non-hydrogen) atoms. The van der Waals surface area contributed by atoms with Crippen LogP contribution in [0.3, 0.4) is 0 Å². The summed E-state index contributed by atoms with van der Waals surface area (Å²) in [6, 6.07) is 12.4. The van der Waals surface area contributed by atoms with Crippen molar-refractivity contribution in [3.63, 3.8) is 0 Å². The molecule has 2 aromatic rings. The fourth-order valence-corrected chi connectivity index (χ4v) is 3.99. The number of carboxylic acids is 2. The first kappa shape index (κ1) is 33.2. The van der Waals surface area contributed by atoms with Crippen LogP contribution in [0, 0.1) is 0 Å². The molecule has 0 fully saturated rings. The number of amides is 3. The van der Waals surface area contributed by atoms with Gasteiger partial charge in [-0.05, 0) is 24.0 Å². The van der Waals surface area contributed by atoms with Crippen LogP contribution in [0.25, 0.3) is 0 Å². The molecule has 0 heterocycles. The molecule has 0 bridgehead atoms. The van der Waals surface area contributed by atoms with E-state index < -0.39 is 60.2 Å². The second-order valence-electron chi connectivity index (χ2n) is 9.55. The van der Waals surface area contributed by atoms with Crippen molar-refractivity contribution in [2.24, 2.45) is 22.2 Å². The van der Waals surface area contributed by atoms with E-state index in [-0.39, 0.29) is 38.2 Å². The van der Waals surface area contributed by atoms with Crippen LogP contribution in [0.1, 0.15) is 30.4 Å². The van der Waals surface area contributed by atoms with Crippen molar-refractivity contribution in [3.8, 4) is 0 Å². The van der Waals surface area contributed by atoms with Crippen LogP contribution in [0.4, 0.5) is 0 Å². The minimum Gasteiger partial charge on any atom is -0.481 e. The molecule has 4 atom stereocenters. The summed E-state index contributed by atoms with van der Waals surface area (Å²) in [6.45, 7) is 0.136. The number of rotatable bonds is 17. The third-order valence-corrected chi connectivity index (χ3v) is 6.12. The largest absolute Gasteiger partial charge is 0.481 e. The van der Waals surface area contributed by atoms with Crippen LogP contribution >= 0.6 is 0 Å². The van der Waals surface area contributed by atoms with E-state index in [9.17, 15) is 29.1 Å². The number of hydrogen-bond acceptors (Lipinski definition) is 7. The van der Waals surface area contributed by atoms with Gasteiger partial charge in [-0.25, -0.2) is 4.79 Å². The summed E-state index contributed by atoms with van der Waals surface area (Å²) in [5.41, 5.74) is 17.7. The molecule has 0 aliphatic heterocycles. The van der Waals surface area contributed by atoms with E-state index in [0.29, 0.717) is 11.1 Å². The Morgan fingerprint density at radius 1 is 0.714 bits per heavy atom. The fourth-order valence-electron chi connectivity index (χ4n) is 3.99. The van der Waals surface area contributed by atoms with E-state index in [2.05, 4.69) is 20.9 Å². The number of hydrogen-bond donors (Lipinski definition) is 8. The summed E-state index contributed by atoms with van der Waals surface area (Å²) < 4.78 is 0. The van der Waals surface area contributed by atoms with Gasteiger partial charge in [-0.2, -0.15) is 0 Å². The van der Waals surface area contributed by atoms with Crippen molar-refractivity contribution >= 4 is 35.6 Å². The van der Waals surface area contributed by atoms with E-state index in [1.54, 1.807) is 60.7 Å². The highest BCUT2D eigenvalue weighted by Gasteiger charge is 2.31. The van der Waals surface area contributed by atoms with E-state index in [1.807, 2.05) is 0 Å². The van der Waals surface area contributed by atoms with Crippen molar-refractivity contribution < 1.29 is 34.2 Å². The predicted molar refractivity (Wildman–Crippen MR) is 154 cm³/mol. The molecular formula is C28H37N7O7. The number of carbonyl (C=O) groups excluding carboxylic acids is 3. The number of carboxylic acid groups (broad SMARTS) is 2. The second-order valence-corrected chi connectivity index (χ2v) is 9.55. The maximum atomic E-state index is 13.4. The topological polar surface area (TPSA) is 252 Å². The molecule has 11 N–H and O–H groups in total. The van der Waals surface area contributed by atoms with Crippen LogP contribution in [-0.4, -0.2) is 76.5 Å². The highest BCUT2D eigenvalue weighted by Crippen LogP contribution is 2.09. The van der Waals surface area contributed by atoms with Gasteiger partial charge in [-0.3, -0.25) is 24.2 Å². The Balaban J connectivity index is 2.26. The maximum Gasteiger partial charge on any atom is 0.326 e. The third kappa shape index (κ3) is 12.0. The molecule has 3 amide bonds. The number of benzene rings is 2. The molecular weight excluding hydrogens is 546 g/mol. The monoisotopic (exact) mass is 583 g/mol. The zero-order chi connectivity index (χ0) is 31.1. The Morgan fingerprint density at radius 3 is 1.69 bits per heavy atom. The average molecular weight is 584 g/mol. The van der Waals surface area contributed by atoms with E-state index >= 15 is 0 Å². The SMILES string of the molecule is NC(N)=NCCCC(NC(=O)C(N)CC(=O)O)C(=O)NC(Cc1ccccc1)C(=O)NC(Cc1ccccc1)C(=O)O. The molecule has 226 valence electrons. The molecule has 0 radical (unpaired) electrons. The number of nitrogens with zero attached hydrogens (tertiary/aromatic N) is 1. The van der Waals surface area contributed by atoms with Crippen LogP contribution in [0.2, 0.25) is 0 Å². The Labute approximate surface area is 242 Å². The molecule has 0 saturated heterocycles. The van der Waals surface area contributed by atoms with Crippen molar-refractivity contribution in [2.75, 3.05) is 6.54 Å². The second kappa shape index (κ2) is 17.0. The highest BCUT2D eigenvalue weighted by atomic mass is 16.4. The van der Waals surface area contributed by atoms with E-state index in [0.717, 1.165) is 0 Å². The van der Waals surface area contributed by atoms with E-state index in [4.69, 9.17) is 22.3 Å². The first-order valence-electron chi connectivity index (χ1n) is 13.2. The molecule has 2 aromatic carbocycles.